The van der Waals surface area contributed by atoms with E-state index in [0.29, 0.717) is 31.0 Å². The molecule has 0 spiro atoms. The molecule has 0 amide bonds. The van der Waals surface area contributed by atoms with Crippen molar-refractivity contribution < 1.29 is 8.42 Å². The van der Waals surface area contributed by atoms with Crippen LogP contribution in [-0.4, -0.2) is 17.6 Å². The lowest BCUT2D eigenvalue weighted by Gasteiger charge is -2.05. The summed E-state index contributed by atoms with van der Waals surface area (Å²) in [6.07, 6.45) is 0. The number of hydrogen-bond donors (Lipinski definition) is 2. The monoisotopic (exact) mass is 646 g/mol. The maximum Gasteiger partial charge on any atom is 0.266 e. The van der Waals surface area contributed by atoms with Crippen molar-refractivity contribution in [3.8, 4) is 11.4 Å². The molecule has 7 rings (SSSR count). The summed E-state index contributed by atoms with van der Waals surface area (Å²) in [4.78, 5) is 55.8. The van der Waals surface area contributed by atoms with Crippen LogP contribution >= 0.6 is 0 Å². The van der Waals surface area contributed by atoms with Gasteiger partial charge in [0.1, 0.15) is 0 Å². The van der Waals surface area contributed by atoms with Gasteiger partial charge in [-0.15, -0.1) is 0 Å². The molecular formula is C34H22N4O6S2. The Morgan fingerprint density at radius 1 is 0.391 bits per heavy atom. The van der Waals surface area contributed by atoms with Crippen molar-refractivity contribution in [3.05, 3.63) is 151 Å². The molecule has 46 heavy (non-hydrogen) atoms. The van der Waals surface area contributed by atoms with Gasteiger partial charge in [-0.25, -0.2) is 17.6 Å². The number of nitrogens with zero attached hydrogens (tertiary/aromatic N) is 2. The lowest BCUT2D eigenvalue weighted by atomic mass is 10.1. The first-order valence-corrected chi connectivity index (χ1v) is 16.1. The van der Waals surface area contributed by atoms with Crippen LogP contribution in [0.4, 0.5) is 11.4 Å². The molecule has 226 valence electrons. The molecule has 0 aliphatic carbocycles. The van der Waals surface area contributed by atoms with Gasteiger partial charge in [-0.3, -0.25) is 19.2 Å². The number of rotatable bonds is 6. The molecule has 5 aromatic carbocycles. The van der Waals surface area contributed by atoms with Crippen molar-refractivity contribution >= 4 is 54.5 Å². The molecule has 0 aliphatic rings. The number of fused-ring (bicyclic) bond motifs is 2. The predicted octanol–water partition coefficient (Wildman–Crippen LogP) is 3.39. The van der Waals surface area contributed by atoms with Crippen LogP contribution in [0.25, 0.3) is 32.9 Å². The first-order chi connectivity index (χ1) is 22.1. The summed E-state index contributed by atoms with van der Waals surface area (Å²) in [6, 6.07) is 28.1. The number of anilines is 2. The van der Waals surface area contributed by atoms with Gasteiger partial charge >= 0.3 is 0 Å². The summed E-state index contributed by atoms with van der Waals surface area (Å²) in [5, 5.41) is -0.0166. The molecule has 2 heterocycles. The van der Waals surface area contributed by atoms with Gasteiger partial charge in [0.15, 0.2) is 0 Å². The molecule has 0 bridgehead atoms. The third-order valence-electron chi connectivity index (χ3n) is 7.70. The topological polar surface area (TPSA) is 164 Å². The van der Waals surface area contributed by atoms with E-state index in [0.717, 1.165) is 9.13 Å². The summed E-state index contributed by atoms with van der Waals surface area (Å²) in [7, 11) is -3.01. The molecule has 0 radical (unpaired) electrons. The Kier molecular flexibility index (Phi) is 6.95. The van der Waals surface area contributed by atoms with Crippen LogP contribution in [0.5, 0.6) is 0 Å². The Morgan fingerprint density at radius 3 is 0.891 bits per heavy atom. The Labute approximate surface area is 264 Å². The van der Waals surface area contributed by atoms with Gasteiger partial charge in [0, 0.05) is 31.0 Å². The minimum Gasteiger partial charge on any atom is -0.399 e. The highest BCUT2D eigenvalue weighted by Crippen LogP contribution is 2.22. The fourth-order valence-electron chi connectivity index (χ4n) is 5.34. The maximum absolute atomic E-state index is 13.4. The van der Waals surface area contributed by atoms with E-state index in [1.807, 2.05) is 0 Å². The summed E-state index contributed by atoms with van der Waals surface area (Å²) in [6.45, 7) is 0. The number of nitrogen functional groups attached to an aromatic ring is 2. The molecule has 12 heteroatoms. The average molecular weight is 647 g/mol. The third kappa shape index (κ3) is 4.71. The molecule has 0 fully saturated rings. The summed E-state index contributed by atoms with van der Waals surface area (Å²) >= 11 is 0. The molecule has 2 aromatic heterocycles. The fraction of sp³-hybridized carbons (Fsp3) is 0. The van der Waals surface area contributed by atoms with Gasteiger partial charge in [-0.05, 0) is 109 Å². The first-order valence-electron chi connectivity index (χ1n) is 13.8. The van der Waals surface area contributed by atoms with Gasteiger partial charge in [0.25, 0.3) is 22.2 Å². The van der Waals surface area contributed by atoms with Crippen LogP contribution in [0.3, 0.4) is 0 Å². The molecule has 4 N–H and O–H groups in total. The summed E-state index contributed by atoms with van der Waals surface area (Å²) in [5.41, 5.74) is 10.4. The zero-order chi connectivity index (χ0) is 32.3. The van der Waals surface area contributed by atoms with Crippen molar-refractivity contribution in [2.24, 2.45) is 0 Å². The molecule has 2 unspecified atom stereocenters. The molecule has 0 saturated carbocycles. The van der Waals surface area contributed by atoms with E-state index in [-0.39, 0.29) is 32.9 Å². The number of nitrogens with two attached hydrogens (primary N) is 2. The normalized spacial score (nSPS) is 12.9. The van der Waals surface area contributed by atoms with E-state index in [1.165, 1.54) is 36.4 Å². The van der Waals surface area contributed by atoms with Crippen LogP contribution in [0.15, 0.2) is 148 Å². The Balaban J connectivity index is 1.25. The highest BCUT2D eigenvalue weighted by Gasteiger charge is 2.21. The van der Waals surface area contributed by atoms with E-state index < -0.39 is 43.8 Å². The van der Waals surface area contributed by atoms with Gasteiger partial charge in [-0.2, -0.15) is 0 Å². The van der Waals surface area contributed by atoms with Crippen LogP contribution in [0, 0.1) is 0 Å². The minimum absolute atomic E-state index is 0.00415. The molecule has 0 aliphatic heterocycles. The summed E-state index contributed by atoms with van der Waals surface area (Å²) in [5.74, 6) is 0. The van der Waals surface area contributed by atoms with Crippen LogP contribution in [-0.2, 0) is 21.6 Å². The Hall–Kier alpha value is -5.72. The highest BCUT2D eigenvalue weighted by molar-refractivity contribution is 7.85. The van der Waals surface area contributed by atoms with E-state index in [1.54, 1.807) is 72.8 Å². The van der Waals surface area contributed by atoms with Crippen LogP contribution in [0.2, 0.25) is 0 Å². The number of hydrogen-bond acceptors (Lipinski definition) is 8. The van der Waals surface area contributed by atoms with Gasteiger partial charge in [-0.1, -0.05) is 0 Å². The van der Waals surface area contributed by atoms with E-state index in [4.69, 9.17) is 11.5 Å². The molecular weight excluding hydrogens is 625 g/mol. The quantitative estimate of drug-likeness (QED) is 0.260. The van der Waals surface area contributed by atoms with E-state index in [9.17, 15) is 27.6 Å². The van der Waals surface area contributed by atoms with Crippen molar-refractivity contribution in [2.75, 3.05) is 11.5 Å². The smallest absolute Gasteiger partial charge is 0.266 e. The van der Waals surface area contributed by atoms with Gasteiger partial charge < -0.3 is 11.5 Å². The van der Waals surface area contributed by atoms with Gasteiger partial charge in [0.2, 0.25) is 0 Å². The zero-order valence-corrected chi connectivity index (χ0v) is 25.3. The SMILES string of the molecule is Nc1ccc(S(=O)c2ccc(-n3c(=O)c4cc5c(=O)n(-c6ccc(S(=O)c7ccc(N)cc7)cc6)c(=O)c5cc4c3=O)cc2)cc1. The Bertz CT molecular complexity index is 2320. The average Bonchev–Trinajstić information content (AvgIpc) is 3.47. The van der Waals surface area contributed by atoms with Crippen LogP contribution in [0.1, 0.15) is 0 Å². The second-order valence-electron chi connectivity index (χ2n) is 10.5. The molecule has 0 saturated heterocycles. The van der Waals surface area contributed by atoms with Crippen molar-refractivity contribution in [3.63, 3.8) is 0 Å². The fourth-order valence-corrected chi connectivity index (χ4v) is 7.41. The number of benzene rings is 5. The van der Waals surface area contributed by atoms with Crippen LogP contribution < -0.4 is 33.7 Å². The second kappa shape index (κ2) is 11.0. The van der Waals surface area contributed by atoms with Crippen molar-refractivity contribution in [2.45, 2.75) is 19.6 Å². The molecule has 2 atom stereocenters. The standard InChI is InChI=1S/C34H22N4O6S2/c35-19-1-9-23(10-2-19)45(43)25-13-5-21(6-14-25)37-31(39)27-17-29-30(18-28(27)32(37)40)34(42)38(33(29)41)22-7-15-26(16-8-22)46(44)24-11-3-20(36)4-12-24/h1-18H,35-36H2. The van der Waals surface area contributed by atoms with E-state index in [2.05, 4.69) is 0 Å². The number of aromatic nitrogens is 2. The molecule has 10 nitrogen and oxygen atoms in total. The zero-order valence-electron chi connectivity index (χ0n) is 23.7. The first kappa shape index (κ1) is 29.0. The highest BCUT2D eigenvalue weighted by atomic mass is 32.2. The minimum atomic E-state index is -1.51. The molecule has 7 aromatic rings. The predicted molar refractivity (Wildman–Crippen MR) is 179 cm³/mol. The second-order valence-corrected chi connectivity index (χ2v) is 13.5. The summed E-state index contributed by atoms with van der Waals surface area (Å²) < 4.78 is 27.8. The lowest BCUT2D eigenvalue weighted by molar-refractivity contribution is 0.682. The lowest BCUT2D eigenvalue weighted by Crippen LogP contribution is -2.24. The maximum atomic E-state index is 13.4. The van der Waals surface area contributed by atoms with Crippen molar-refractivity contribution in [1.29, 1.82) is 0 Å². The Morgan fingerprint density at radius 2 is 0.630 bits per heavy atom. The van der Waals surface area contributed by atoms with Gasteiger partial charge in [0.05, 0.1) is 54.5 Å². The van der Waals surface area contributed by atoms with E-state index >= 15 is 0 Å². The third-order valence-corrected chi connectivity index (χ3v) is 10.5. The van der Waals surface area contributed by atoms with Crippen molar-refractivity contribution in [1.82, 2.24) is 9.13 Å². The largest absolute Gasteiger partial charge is 0.399 e.